The monoisotopic (exact) mass is 505 g/mol. The van der Waals surface area contributed by atoms with E-state index < -0.39 is 0 Å². The summed E-state index contributed by atoms with van der Waals surface area (Å²) in [6.45, 7) is 3.81. The molecular formula is C31H40FN3O2. The molecule has 0 unspecified atom stereocenters. The molecule has 0 radical (unpaired) electrons. The van der Waals surface area contributed by atoms with Gasteiger partial charge in [-0.05, 0) is 106 Å². The van der Waals surface area contributed by atoms with Crippen LogP contribution in [-0.4, -0.2) is 42.9 Å². The molecule has 37 heavy (non-hydrogen) atoms. The number of anilines is 1. The molecule has 2 N–H and O–H groups in total. The number of amides is 2. The summed E-state index contributed by atoms with van der Waals surface area (Å²) in [5, 5.41) is 6.22. The molecule has 1 saturated heterocycles. The van der Waals surface area contributed by atoms with Crippen molar-refractivity contribution in [2.45, 2.75) is 75.5 Å². The Labute approximate surface area is 220 Å². The molecular weight excluding hydrogens is 465 g/mol. The van der Waals surface area contributed by atoms with Crippen LogP contribution < -0.4 is 10.6 Å². The summed E-state index contributed by atoms with van der Waals surface area (Å²) in [5.41, 5.74) is 3.20. The van der Waals surface area contributed by atoms with Crippen LogP contribution in [0.25, 0.3) is 0 Å². The SMILES string of the molecule is O=C(CC1(c2ccc(F)cc2)CCCC1)NCCCN1CCC(c2cccc(NC(=O)C3CC3)c2)CC1. The molecule has 198 valence electrons. The largest absolute Gasteiger partial charge is 0.356 e. The molecule has 6 heteroatoms. The summed E-state index contributed by atoms with van der Waals surface area (Å²) in [6.07, 6.45) is 9.95. The molecule has 0 atom stereocenters. The number of piperidine rings is 1. The summed E-state index contributed by atoms with van der Waals surface area (Å²) in [4.78, 5) is 27.4. The van der Waals surface area contributed by atoms with Crippen molar-refractivity contribution in [2.24, 2.45) is 5.92 Å². The van der Waals surface area contributed by atoms with Crippen LogP contribution in [0.1, 0.15) is 81.3 Å². The van der Waals surface area contributed by atoms with E-state index >= 15 is 0 Å². The minimum atomic E-state index is -0.226. The molecule has 1 aliphatic heterocycles. The number of nitrogens with one attached hydrogen (secondary N) is 2. The molecule has 2 aliphatic carbocycles. The fourth-order valence-corrected chi connectivity index (χ4v) is 6.27. The summed E-state index contributed by atoms with van der Waals surface area (Å²) >= 11 is 0. The first-order valence-corrected chi connectivity index (χ1v) is 14.2. The zero-order chi connectivity index (χ0) is 25.7. The van der Waals surface area contributed by atoms with Crippen LogP contribution in [0.15, 0.2) is 48.5 Å². The second kappa shape index (κ2) is 11.8. The van der Waals surface area contributed by atoms with Crippen molar-refractivity contribution in [2.75, 3.05) is 31.5 Å². The van der Waals surface area contributed by atoms with Crippen LogP contribution in [-0.2, 0) is 15.0 Å². The van der Waals surface area contributed by atoms with Crippen LogP contribution in [0.2, 0.25) is 0 Å². The maximum Gasteiger partial charge on any atom is 0.227 e. The third-order valence-corrected chi connectivity index (χ3v) is 8.65. The smallest absolute Gasteiger partial charge is 0.227 e. The number of halogens is 1. The fourth-order valence-electron chi connectivity index (χ4n) is 6.27. The van der Waals surface area contributed by atoms with E-state index in [2.05, 4.69) is 33.7 Å². The lowest BCUT2D eigenvalue weighted by molar-refractivity contribution is -0.122. The number of hydrogen-bond acceptors (Lipinski definition) is 3. The van der Waals surface area contributed by atoms with Gasteiger partial charge in [-0.2, -0.15) is 0 Å². The second-order valence-electron chi connectivity index (χ2n) is 11.4. The van der Waals surface area contributed by atoms with Crippen molar-refractivity contribution >= 4 is 17.5 Å². The average Bonchev–Trinajstić information content (AvgIpc) is 3.67. The van der Waals surface area contributed by atoms with Gasteiger partial charge in [-0.15, -0.1) is 0 Å². The number of nitrogens with zero attached hydrogens (tertiary/aromatic N) is 1. The molecule has 2 amide bonds. The molecule has 0 aromatic heterocycles. The standard InChI is InChI=1S/C31H40FN3O2/c32-27-11-9-26(10-12-27)31(15-1-2-16-31)22-29(36)33-17-4-18-35-19-13-23(14-20-35)25-5-3-6-28(21-25)34-30(37)24-7-8-24/h3,5-6,9-12,21,23-24H,1-2,4,7-8,13-20,22H2,(H,33,36)(H,34,37). The Morgan fingerprint density at radius 2 is 1.70 bits per heavy atom. The van der Waals surface area contributed by atoms with Gasteiger partial charge in [0.05, 0.1) is 0 Å². The highest BCUT2D eigenvalue weighted by Crippen LogP contribution is 2.43. The Bertz CT molecular complexity index is 1070. The quantitative estimate of drug-likeness (QED) is 0.404. The first kappa shape index (κ1) is 25.9. The lowest BCUT2D eigenvalue weighted by Gasteiger charge is -2.32. The van der Waals surface area contributed by atoms with E-state index in [1.54, 1.807) is 0 Å². The van der Waals surface area contributed by atoms with E-state index in [0.717, 1.165) is 88.7 Å². The molecule has 0 spiro atoms. The van der Waals surface area contributed by atoms with E-state index in [1.165, 1.54) is 17.7 Å². The number of carbonyl (C=O) groups is 2. The lowest BCUT2D eigenvalue weighted by Crippen LogP contribution is -2.37. The zero-order valence-corrected chi connectivity index (χ0v) is 21.8. The van der Waals surface area contributed by atoms with Gasteiger partial charge in [-0.25, -0.2) is 4.39 Å². The van der Waals surface area contributed by atoms with Crippen molar-refractivity contribution in [1.82, 2.24) is 10.2 Å². The Hall–Kier alpha value is -2.73. The van der Waals surface area contributed by atoms with Gasteiger partial charge >= 0.3 is 0 Å². The van der Waals surface area contributed by atoms with Crippen LogP contribution in [0, 0.1) is 11.7 Å². The number of hydrogen-bond donors (Lipinski definition) is 2. The number of carbonyl (C=O) groups excluding carboxylic acids is 2. The van der Waals surface area contributed by atoms with Gasteiger partial charge in [-0.1, -0.05) is 37.1 Å². The zero-order valence-electron chi connectivity index (χ0n) is 21.8. The van der Waals surface area contributed by atoms with Crippen LogP contribution in [0.5, 0.6) is 0 Å². The molecule has 3 fully saturated rings. The van der Waals surface area contributed by atoms with E-state index in [0.29, 0.717) is 18.9 Å². The Balaban J connectivity index is 1.02. The predicted molar refractivity (Wildman–Crippen MR) is 145 cm³/mol. The van der Waals surface area contributed by atoms with Crippen molar-refractivity contribution in [3.63, 3.8) is 0 Å². The van der Waals surface area contributed by atoms with Crippen LogP contribution in [0.4, 0.5) is 10.1 Å². The molecule has 0 bridgehead atoms. The van der Waals surface area contributed by atoms with Gasteiger partial charge in [0.1, 0.15) is 5.82 Å². The third kappa shape index (κ3) is 6.78. The third-order valence-electron chi connectivity index (χ3n) is 8.65. The fraction of sp³-hybridized carbons (Fsp3) is 0.548. The molecule has 2 aromatic rings. The second-order valence-corrected chi connectivity index (χ2v) is 11.4. The van der Waals surface area contributed by atoms with Crippen molar-refractivity contribution < 1.29 is 14.0 Å². The van der Waals surface area contributed by atoms with Crippen LogP contribution >= 0.6 is 0 Å². The lowest BCUT2D eigenvalue weighted by atomic mass is 9.76. The molecule has 2 aromatic carbocycles. The van der Waals surface area contributed by atoms with Crippen LogP contribution in [0.3, 0.4) is 0 Å². The predicted octanol–water partition coefficient (Wildman–Crippen LogP) is 5.76. The van der Waals surface area contributed by atoms with E-state index in [1.807, 2.05) is 18.2 Å². The maximum atomic E-state index is 13.4. The molecule has 1 heterocycles. The van der Waals surface area contributed by atoms with Gasteiger partial charge in [-0.3, -0.25) is 9.59 Å². The van der Waals surface area contributed by atoms with E-state index in [-0.39, 0.29) is 29.0 Å². The van der Waals surface area contributed by atoms with Gasteiger partial charge in [0.15, 0.2) is 0 Å². The maximum absolute atomic E-state index is 13.4. The molecule has 5 rings (SSSR count). The minimum absolute atomic E-state index is 0.110. The molecule has 5 nitrogen and oxygen atoms in total. The normalized spacial score (nSPS) is 20.0. The van der Waals surface area contributed by atoms with Crippen molar-refractivity contribution in [3.8, 4) is 0 Å². The van der Waals surface area contributed by atoms with Gasteiger partial charge in [0.25, 0.3) is 0 Å². The minimum Gasteiger partial charge on any atom is -0.356 e. The first-order valence-electron chi connectivity index (χ1n) is 14.2. The highest BCUT2D eigenvalue weighted by Gasteiger charge is 2.37. The Morgan fingerprint density at radius 3 is 2.41 bits per heavy atom. The van der Waals surface area contributed by atoms with Gasteiger partial charge in [0.2, 0.25) is 11.8 Å². The highest BCUT2D eigenvalue weighted by molar-refractivity contribution is 5.94. The Morgan fingerprint density at radius 1 is 0.973 bits per heavy atom. The number of rotatable bonds is 10. The topological polar surface area (TPSA) is 61.4 Å². The molecule has 2 saturated carbocycles. The summed E-state index contributed by atoms with van der Waals surface area (Å²) in [5.74, 6) is 0.792. The summed E-state index contributed by atoms with van der Waals surface area (Å²) in [6, 6.07) is 15.1. The van der Waals surface area contributed by atoms with E-state index in [4.69, 9.17) is 0 Å². The van der Waals surface area contributed by atoms with Crippen molar-refractivity contribution in [1.29, 1.82) is 0 Å². The van der Waals surface area contributed by atoms with E-state index in [9.17, 15) is 14.0 Å². The summed E-state index contributed by atoms with van der Waals surface area (Å²) < 4.78 is 13.4. The Kier molecular flexibility index (Phi) is 8.23. The number of likely N-dealkylation sites (tertiary alicyclic amines) is 1. The molecule has 3 aliphatic rings. The van der Waals surface area contributed by atoms with Gasteiger partial charge in [0, 0.05) is 30.0 Å². The highest BCUT2D eigenvalue weighted by atomic mass is 19.1. The summed E-state index contributed by atoms with van der Waals surface area (Å²) in [7, 11) is 0. The van der Waals surface area contributed by atoms with Crippen molar-refractivity contribution in [3.05, 3.63) is 65.5 Å². The first-order chi connectivity index (χ1) is 18.0. The van der Waals surface area contributed by atoms with Gasteiger partial charge < -0.3 is 15.5 Å². The average molecular weight is 506 g/mol. The number of benzene rings is 2.